The summed E-state index contributed by atoms with van der Waals surface area (Å²) in [6, 6.07) is 6.32. The summed E-state index contributed by atoms with van der Waals surface area (Å²) in [5.74, 6) is -0.280. The molecule has 0 spiro atoms. The van der Waals surface area contributed by atoms with Crippen LogP contribution in [0.1, 0.15) is 16.6 Å². The summed E-state index contributed by atoms with van der Waals surface area (Å²) in [7, 11) is 1.76. The molecule has 0 aliphatic heterocycles. The van der Waals surface area contributed by atoms with Gasteiger partial charge in [-0.05, 0) is 36.6 Å². The molecule has 16 heavy (non-hydrogen) atoms. The highest BCUT2D eigenvalue weighted by molar-refractivity contribution is 7.20. The molecule has 0 radical (unpaired) electrons. The largest absolute Gasteiger partial charge is 0.341 e. The van der Waals surface area contributed by atoms with Crippen LogP contribution in [0.3, 0.4) is 0 Å². The minimum atomic E-state index is -0.270. The van der Waals surface area contributed by atoms with Gasteiger partial charge in [-0.2, -0.15) is 0 Å². The predicted molar refractivity (Wildman–Crippen MR) is 64.4 cm³/mol. The first kappa shape index (κ1) is 11.1. The van der Waals surface area contributed by atoms with Crippen molar-refractivity contribution in [3.63, 3.8) is 0 Å². The normalized spacial score (nSPS) is 10.7. The fourth-order valence-electron chi connectivity index (χ4n) is 1.45. The van der Waals surface area contributed by atoms with Crippen molar-refractivity contribution >= 4 is 27.3 Å². The van der Waals surface area contributed by atoms with E-state index in [4.69, 9.17) is 0 Å². The van der Waals surface area contributed by atoms with E-state index in [-0.39, 0.29) is 11.7 Å². The van der Waals surface area contributed by atoms with Gasteiger partial charge in [0.2, 0.25) is 0 Å². The first-order valence-corrected chi connectivity index (χ1v) is 5.88. The number of rotatable bonds is 2. The Balaban J connectivity index is 2.43. The third-order valence-corrected chi connectivity index (χ3v) is 3.61. The summed E-state index contributed by atoms with van der Waals surface area (Å²) < 4.78 is 13.9. The van der Waals surface area contributed by atoms with Crippen LogP contribution in [0.4, 0.5) is 4.39 Å². The molecule has 0 aliphatic rings. The molecule has 4 heteroatoms. The molecule has 2 rings (SSSR count). The highest BCUT2D eigenvalue weighted by atomic mass is 32.1. The second-order valence-electron chi connectivity index (χ2n) is 3.61. The van der Waals surface area contributed by atoms with E-state index >= 15 is 0 Å². The lowest BCUT2D eigenvalue weighted by molar-refractivity contribution is 0.0807. The van der Waals surface area contributed by atoms with Crippen molar-refractivity contribution < 1.29 is 9.18 Å². The zero-order chi connectivity index (χ0) is 11.7. The molecule has 0 bridgehead atoms. The van der Waals surface area contributed by atoms with Crippen molar-refractivity contribution in [3.8, 4) is 0 Å². The lowest BCUT2D eigenvalue weighted by Crippen LogP contribution is -2.25. The number of carbonyl (C=O) groups excluding carboxylic acids is 1. The molecule has 0 aliphatic carbocycles. The number of halogens is 1. The first-order valence-electron chi connectivity index (χ1n) is 5.06. The number of carbonyl (C=O) groups is 1. The molecular formula is C12H12FNOS. The Labute approximate surface area is 97.3 Å². The van der Waals surface area contributed by atoms with Gasteiger partial charge in [0.15, 0.2) is 0 Å². The van der Waals surface area contributed by atoms with E-state index in [0.29, 0.717) is 11.4 Å². The van der Waals surface area contributed by atoms with Gasteiger partial charge in [0, 0.05) is 18.3 Å². The summed E-state index contributed by atoms with van der Waals surface area (Å²) >= 11 is 1.40. The van der Waals surface area contributed by atoms with Crippen molar-refractivity contribution in [3.05, 3.63) is 35.0 Å². The molecule has 1 aromatic carbocycles. The maximum atomic E-state index is 13.0. The summed E-state index contributed by atoms with van der Waals surface area (Å²) in [5, 5.41) is 0.790. The smallest absolute Gasteiger partial charge is 0.263 e. The van der Waals surface area contributed by atoms with E-state index in [9.17, 15) is 9.18 Å². The number of benzene rings is 1. The Morgan fingerprint density at radius 1 is 1.44 bits per heavy atom. The zero-order valence-corrected chi connectivity index (χ0v) is 9.97. The molecule has 0 saturated heterocycles. The Bertz CT molecular complexity index is 535. The maximum absolute atomic E-state index is 13.0. The van der Waals surface area contributed by atoms with Crippen molar-refractivity contribution in [1.82, 2.24) is 4.90 Å². The van der Waals surface area contributed by atoms with Gasteiger partial charge in [0.1, 0.15) is 5.82 Å². The minimum absolute atomic E-state index is 0.0101. The van der Waals surface area contributed by atoms with E-state index in [1.54, 1.807) is 24.1 Å². The van der Waals surface area contributed by atoms with Crippen LogP contribution in [0.15, 0.2) is 24.3 Å². The van der Waals surface area contributed by atoms with Gasteiger partial charge in [0.05, 0.1) is 4.88 Å². The number of nitrogens with zero attached hydrogens (tertiary/aromatic N) is 1. The topological polar surface area (TPSA) is 20.3 Å². The summed E-state index contributed by atoms with van der Waals surface area (Å²) in [6.07, 6.45) is 0. The second-order valence-corrected chi connectivity index (χ2v) is 4.70. The van der Waals surface area contributed by atoms with Crippen LogP contribution in [0, 0.1) is 5.82 Å². The number of thiophene rings is 1. The van der Waals surface area contributed by atoms with Gasteiger partial charge in [-0.1, -0.05) is 0 Å². The van der Waals surface area contributed by atoms with Gasteiger partial charge in [-0.25, -0.2) is 4.39 Å². The van der Waals surface area contributed by atoms with Crippen LogP contribution in [0.25, 0.3) is 10.1 Å². The molecule has 0 atom stereocenters. The number of amides is 1. The predicted octanol–water partition coefficient (Wildman–Crippen LogP) is 3.13. The molecule has 1 amide bonds. The van der Waals surface area contributed by atoms with Gasteiger partial charge in [-0.15, -0.1) is 11.3 Å². The summed E-state index contributed by atoms with van der Waals surface area (Å²) in [4.78, 5) is 14.2. The fraction of sp³-hybridized carbons (Fsp3) is 0.250. The summed E-state index contributed by atoms with van der Waals surface area (Å²) in [5.41, 5.74) is 0. The van der Waals surface area contributed by atoms with Crippen LogP contribution in [0.2, 0.25) is 0 Å². The van der Waals surface area contributed by atoms with E-state index in [1.165, 1.54) is 23.5 Å². The SMILES string of the molecule is CCN(C)C(=O)c1cc2cc(F)ccc2s1. The monoisotopic (exact) mass is 237 g/mol. The number of hydrogen-bond acceptors (Lipinski definition) is 2. The molecular weight excluding hydrogens is 225 g/mol. The average Bonchev–Trinajstić information content (AvgIpc) is 2.69. The minimum Gasteiger partial charge on any atom is -0.341 e. The quantitative estimate of drug-likeness (QED) is 0.785. The van der Waals surface area contributed by atoms with Crippen molar-refractivity contribution in [2.24, 2.45) is 0 Å². The molecule has 2 aromatic rings. The molecule has 0 saturated carbocycles. The van der Waals surface area contributed by atoms with E-state index in [1.807, 2.05) is 6.92 Å². The van der Waals surface area contributed by atoms with E-state index in [2.05, 4.69) is 0 Å². The standard InChI is InChI=1S/C12H12FNOS/c1-3-14(2)12(15)11-7-8-6-9(13)4-5-10(8)16-11/h4-7H,3H2,1-2H3. The van der Waals surface area contributed by atoms with Crippen LogP contribution in [-0.4, -0.2) is 24.4 Å². The lowest BCUT2D eigenvalue weighted by Gasteiger charge is -2.12. The highest BCUT2D eigenvalue weighted by Crippen LogP contribution is 2.26. The third kappa shape index (κ3) is 1.93. The second kappa shape index (κ2) is 4.22. The van der Waals surface area contributed by atoms with Gasteiger partial charge in [0.25, 0.3) is 5.91 Å². The molecule has 1 heterocycles. The van der Waals surface area contributed by atoms with Crippen molar-refractivity contribution in [2.45, 2.75) is 6.92 Å². The van der Waals surface area contributed by atoms with Gasteiger partial charge in [-0.3, -0.25) is 4.79 Å². The fourth-order valence-corrected chi connectivity index (χ4v) is 2.49. The highest BCUT2D eigenvalue weighted by Gasteiger charge is 2.13. The number of hydrogen-bond donors (Lipinski definition) is 0. The van der Waals surface area contributed by atoms with Gasteiger partial charge < -0.3 is 4.90 Å². The Hall–Kier alpha value is -1.42. The van der Waals surface area contributed by atoms with E-state index < -0.39 is 0 Å². The molecule has 0 N–H and O–H groups in total. The third-order valence-electron chi connectivity index (χ3n) is 2.51. The van der Waals surface area contributed by atoms with Crippen molar-refractivity contribution in [2.75, 3.05) is 13.6 Å². The molecule has 2 nitrogen and oxygen atoms in total. The van der Waals surface area contributed by atoms with Crippen LogP contribution in [0.5, 0.6) is 0 Å². The number of fused-ring (bicyclic) bond motifs is 1. The summed E-state index contributed by atoms with van der Waals surface area (Å²) in [6.45, 7) is 2.59. The van der Waals surface area contributed by atoms with E-state index in [0.717, 1.165) is 10.1 Å². The molecule has 84 valence electrons. The van der Waals surface area contributed by atoms with Crippen molar-refractivity contribution in [1.29, 1.82) is 0 Å². The van der Waals surface area contributed by atoms with Crippen LogP contribution < -0.4 is 0 Å². The molecule has 0 unspecified atom stereocenters. The van der Waals surface area contributed by atoms with Crippen LogP contribution in [-0.2, 0) is 0 Å². The Kier molecular flexibility index (Phi) is 2.92. The molecule has 0 fully saturated rings. The Morgan fingerprint density at radius 2 is 2.19 bits per heavy atom. The first-order chi connectivity index (χ1) is 7.61. The zero-order valence-electron chi connectivity index (χ0n) is 9.16. The van der Waals surface area contributed by atoms with Gasteiger partial charge >= 0.3 is 0 Å². The average molecular weight is 237 g/mol. The maximum Gasteiger partial charge on any atom is 0.263 e. The molecule has 1 aromatic heterocycles. The Morgan fingerprint density at radius 3 is 2.88 bits per heavy atom. The van der Waals surface area contributed by atoms with Crippen LogP contribution >= 0.6 is 11.3 Å². The lowest BCUT2D eigenvalue weighted by atomic mass is 10.2.